The van der Waals surface area contributed by atoms with E-state index in [1.54, 1.807) is 45.0 Å². The number of likely N-dealkylation sites (N-methyl/N-ethyl adjacent to an activating group) is 2. The lowest BCUT2D eigenvalue weighted by molar-refractivity contribution is -0.171. The molecule has 22 heteroatoms. The fourth-order valence-corrected chi connectivity index (χ4v) is 12.4. The molecule has 0 fully saturated rings. The third kappa shape index (κ3) is 11.3. The van der Waals surface area contributed by atoms with Crippen LogP contribution >= 0.6 is 11.8 Å². The van der Waals surface area contributed by atoms with Crippen molar-refractivity contribution in [2.75, 3.05) is 43.4 Å². The maximum absolute atomic E-state index is 13.2. The second-order valence-electron chi connectivity index (χ2n) is 15.4. The van der Waals surface area contributed by atoms with Crippen molar-refractivity contribution < 1.29 is 55.1 Å². The Morgan fingerprint density at radius 2 is 1.73 bits per heavy atom. The minimum absolute atomic E-state index is 0.0759. The minimum atomic E-state index is -4.59. The van der Waals surface area contributed by atoms with E-state index in [9.17, 15) is 45.6 Å². The van der Waals surface area contributed by atoms with Crippen LogP contribution in [0.2, 0.25) is 0 Å². The summed E-state index contributed by atoms with van der Waals surface area (Å²) in [6.45, 7) is 16.6. The molecule has 19 nitrogen and oxygen atoms in total. The number of hydrogen-bond acceptors (Lipinski definition) is 15. The molecule has 0 saturated carbocycles. The number of benzene rings is 1. The summed E-state index contributed by atoms with van der Waals surface area (Å²) in [5, 5.41) is 10.8. The van der Waals surface area contributed by atoms with E-state index in [-0.39, 0.29) is 28.9 Å². The second-order valence-corrected chi connectivity index (χ2v) is 21.0. The number of thioether (sulfide) groups is 1. The Morgan fingerprint density at radius 3 is 2.41 bits per heavy atom. The predicted octanol–water partition coefficient (Wildman–Crippen LogP) is 3.21. The van der Waals surface area contributed by atoms with Gasteiger partial charge in [-0.05, 0) is 102 Å². The van der Waals surface area contributed by atoms with Crippen LogP contribution in [0.15, 0.2) is 38.3 Å². The minimum Gasteiger partial charge on any atom is -0.451 e. The molecule has 4 amide bonds. The molecule has 0 spiro atoms. The lowest BCUT2D eigenvalue weighted by Crippen LogP contribution is -2.42. The van der Waals surface area contributed by atoms with Gasteiger partial charge in [-0.1, -0.05) is 32.5 Å². The summed E-state index contributed by atoms with van der Waals surface area (Å²) in [4.78, 5) is 82.6. The standard InChI is InChI=1S/C42H55N7O12S3/c1-9-43-33-21-36(62-42-30(33)18-22(4)63(42,56)57)64(58,59)48-38(52)25(7)61-41(55)26(8)60-35(51)15-14-34(50)46-27-12-13-31-28(19-27)29(39(53)47-31)20-32-23(5)37(24(6)45-32)40(54)44-16-17-49(10-2)11-3/h12-13,19-22,25-26,33,43,45H,9-11,14-18H2,1-8H3,(H,44,54)(H,46,50)(H,47,53)(H,48,52)/b29-20-/t22-,25?,26?,33-/m0/s1. The van der Waals surface area contributed by atoms with E-state index >= 15 is 0 Å². The monoisotopic (exact) mass is 945 g/mol. The Balaban J connectivity index is 1.12. The number of carbonyl (C=O) groups excluding carboxylic acids is 6. The summed E-state index contributed by atoms with van der Waals surface area (Å²) in [5.41, 5.74) is 4.56. The lowest BCUT2D eigenvalue weighted by atomic mass is 10.0. The van der Waals surface area contributed by atoms with Gasteiger partial charge in [0.2, 0.25) is 5.91 Å². The van der Waals surface area contributed by atoms with Gasteiger partial charge in [-0.2, -0.15) is 0 Å². The van der Waals surface area contributed by atoms with Crippen LogP contribution in [-0.2, 0) is 53.3 Å². The smallest absolute Gasteiger partial charge is 0.347 e. The van der Waals surface area contributed by atoms with E-state index in [1.165, 1.54) is 19.9 Å². The van der Waals surface area contributed by atoms with E-state index in [1.807, 2.05) is 4.72 Å². The van der Waals surface area contributed by atoms with Gasteiger partial charge in [0.1, 0.15) is 8.47 Å². The van der Waals surface area contributed by atoms with Gasteiger partial charge in [0.25, 0.3) is 27.7 Å². The topological polar surface area (TPSA) is 268 Å². The average Bonchev–Trinajstić information content (AvgIpc) is 3.79. The number of nitrogens with zero attached hydrogens (tertiary/aromatic N) is 1. The molecular formula is C42H55N7O12S3. The normalized spacial score (nSPS) is 19.3. The van der Waals surface area contributed by atoms with E-state index in [0.29, 0.717) is 82.0 Å². The van der Waals surface area contributed by atoms with Gasteiger partial charge < -0.3 is 40.6 Å². The first-order chi connectivity index (χ1) is 30.1. The molecule has 4 heterocycles. The first-order valence-electron chi connectivity index (χ1n) is 20.8. The van der Waals surface area contributed by atoms with Crippen molar-refractivity contribution in [3.8, 4) is 0 Å². The van der Waals surface area contributed by atoms with Crippen molar-refractivity contribution in [1.82, 2.24) is 25.2 Å². The van der Waals surface area contributed by atoms with Crippen molar-refractivity contribution in [1.29, 1.82) is 0 Å². The Hall–Kier alpha value is -5.29. The molecule has 0 saturated heterocycles. The van der Waals surface area contributed by atoms with Gasteiger partial charge >= 0.3 is 11.9 Å². The summed E-state index contributed by atoms with van der Waals surface area (Å²) in [6.07, 6.45) is -0.798. The van der Waals surface area contributed by atoms with Crippen LogP contribution < -0.4 is 26.0 Å². The van der Waals surface area contributed by atoms with E-state index in [2.05, 4.69) is 45.0 Å². The number of nitrogens with one attached hydrogen (secondary N) is 6. The largest absolute Gasteiger partial charge is 0.451 e. The molecule has 64 heavy (non-hydrogen) atoms. The number of ether oxygens (including phenoxy) is 2. The van der Waals surface area contributed by atoms with E-state index < -0.39 is 77.8 Å². The fraction of sp³-hybridized carbons (Fsp3) is 0.476. The zero-order valence-electron chi connectivity index (χ0n) is 36.9. The van der Waals surface area contributed by atoms with Gasteiger partial charge in [-0.15, -0.1) is 0 Å². The number of hydrogen-bond donors (Lipinski definition) is 6. The molecule has 4 atom stereocenters. The Kier molecular flexibility index (Phi) is 16.1. The molecule has 348 valence electrons. The van der Waals surface area contributed by atoms with Crippen molar-refractivity contribution in [3.63, 3.8) is 0 Å². The zero-order valence-corrected chi connectivity index (χ0v) is 39.4. The molecule has 0 radical (unpaired) electrons. The number of anilines is 2. The number of aryl methyl sites for hydroxylation is 1. The van der Waals surface area contributed by atoms with Crippen molar-refractivity contribution in [2.24, 2.45) is 0 Å². The molecule has 3 aliphatic rings. The van der Waals surface area contributed by atoms with Crippen LogP contribution in [-0.4, -0.2) is 119 Å². The second kappa shape index (κ2) is 20.7. The first kappa shape index (κ1) is 49.7. The molecule has 6 N–H and O–H groups in total. The lowest BCUT2D eigenvalue weighted by Gasteiger charge is -2.23. The molecule has 5 rings (SSSR count). The van der Waals surface area contributed by atoms with Crippen molar-refractivity contribution >= 4 is 90.2 Å². The molecular weight excluding hydrogens is 891 g/mol. The van der Waals surface area contributed by atoms with Crippen molar-refractivity contribution in [2.45, 2.75) is 98.2 Å². The summed E-state index contributed by atoms with van der Waals surface area (Å²) >= 11 is 0.532. The van der Waals surface area contributed by atoms with Crippen LogP contribution in [0.4, 0.5) is 11.4 Å². The Bertz CT molecular complexity index is 2540. The summed E-state index contributed by atoms with van der Waals surface area (Å²) in [7, 11) is -8.36. The number of sulfonamides is 1. The van der Waals surface area contributed by atoms with Gasteiger partial charge in [-0.3, -0.25) is 24.0 Å². The van der Waals surface area contributed by atoms with Crippen LogP contribution in [0, 0.1) is 13.8 Å². The summed E-state index contributed by atoms with van der Waals surface area (Å²) < 4.78 is 63.8. The number of carbonyl (C=O) groups is 6. The van der Waals surface area contributed by atoms with Crippen molar-refractivity contribution in [3.05, 3.63) is 66.4 Å². The Labute approximate surface area is 377 Å². The van der Waals surface area contributed by atoms with Crippen LogP contribution in [0.1, 0.15) is 93.7 Å². The predicted molar refractivity (Wildman–Crippen MR) is 243 cm³/mol. The number of amides is 4. The number of fused-ring (bicyclic) bond motifs is 1. The van der Waals surface area contributed by atoms with E-state index in [4.69, 9.17) is 9.47 Å². The SMILES string of the molecule is CCN[C@H]1C=C(S(=O)(=O)NC(=O)C(C)OC(=O)C(C)OC(=O)CCC(=O)Nc2ccc3c(c2)/C(=C/c2[nH]c(C)c(C(=O)NCCN(CC)CC)c2C)C(=O)N3)SC2=C1C[C@H](C)S2(=O)=O. The average molecular weight is 946 g/mol. The van der Waals surface area contributed by atoms with Gasteiger partial charge in [0.05, 0.1) is 28.8 Å². The van der Waals surface area contributed by atoms with Gasteiger partial charge in [0, 0.05) is 47.8 Å². The van der Waals surface area contributed by atoms with Crippen LogP contribution in [0.3, 0.4) is 0 Å². The fourth-order valence-electron chi connectivity index (χ4n) is 7.26. The summed E-state index contributed by atoms with van der Waals surface area (Å²) in [6, 6.07) is 4.10. The number of esters is 2. The molecule has 1 aromatic carbocycles. The zero-order chi connectivity index (χ0) is 47.3. The highest BCUT2D eigenvalue weighted by atomic mass is 32.3. The quantitative estimate of drug-likeness (QED) is 0.0872. The molecule has 3 aliphatic heterocycles. The number of sulfone groups is 1. The molecule has 0 aliphatic carbocycles. The highest BCUT2D eigenvalue weighted by Gasteiger charge is 2.44. The number of aromatic amines is 1. The number of H-pyrrole nitrogens is 1. The van der Waals surface area contributed by atoms with E-state index in [0.717, 1.165) is 20.0 Å². The third-order valence-electron chi connectivity index (χ3n) is 10.9. The van der Waals surface area contributed by atoms with Crippen LogP contribution in [0.25, 0.3) is 11.6 Å². The maximum atomic E-state index is 13.2. The molecule has 2 unspecified atom stereocenters. The highest BCUT2D eigenvalue weighted by molar-refractivity contribution is 8.28. The first-order valence-corrected chi connectivity index (χ1v) is 24.7. The maximum Gasteiger partial charge on any atom is 0.347 e. The number of rotatable bonds is 19. The molecule has 1 aromatic heterocycles. The molecule has 0 bridgehead atoms. The summed E-state index contributed by atoms with van der Waals surface area (Å²) in [5.74, 6) is -4.52. The van der Waals surface area contributed by atoms with Gasteiger partial charge in [-0.25, -0.2) is 26.4 Å². The third-order valence-corrected chi connectivity index (χ3v) is 16.7. The Morgan fingerprint density at radius 1 is 1.03 bits per heavy atom. The van der Waals surface area contributed by atoms with Crippen LogP contribution in [0.5, 0.6) is 0 Å². The molecule has 2 aromatic rings. The highest BCUT2D eigenvalue weighted by Crippen LogP contribution is 2.48. The number of aromatic nitrogens is 1. The van der Waals surface area contributed by atoms with Gasteiger partial charge in [0.15, 0.2) is 22.0 Å².